The van der Waals surface area contributed by atoms with Crippen molar-refractivity contribution in [3.63, 3.8) is 0 Å². The van der Waals surface area contributed by atoms with Crippen LogP contribution < -0.4 is 16.0 Å². The highest BCUT2D eigenvalue weighted by Gasteiger charge is 2.19. The van der Waals surface area contributed by atoms with E-state index in [0.29, 0.717) is 18.3 Å². The quantitative estimate of drug-likeness (QED) is 0.167. The van der Waals surface area contributed by atoms with E-state index in [2.05, 4.69) is 39.3 Å². The highest BCUT2D eigenvalue weighted by molar-refractivity contribution is 14.0. The van der Waals surface area contributed by atoms with Gasteiger partial charge in [-0.15, -0.1) is 24.0 Å². The minimum absolute atomic E-state index is 0. The van der Waals surface area contributed by atoms with Crippen LogP contribution >= 0.6 is 24.0 Å². The molecule has 0 atom stereocenters. The van der Waals surface area contributed by atoms with Gasteiger partial charge in [0, 0.05) is 51.4 Å². The molecule has 1 aliphatic rings. The number of aliphatic imine (C=N–C) groups is 1. The average molecular weight is 503 g/mol. The lowest BCUT2D eigenvalue weighted by Gasteiger charge is -2.33. The zero-order valence-corrected chi connectivity index (χ0v) is 19.5. The predicted molar refractivity (Wildman–Crippen MR) is 125 cm³/mol. The maximum absolute atomic E-state index is 12.0. The maximum atomic E-state index is 12.0. The van der Waals surface area contributed by atoms with Crippen LogP contribution in [0.25, 0.3) is 0 Å². The van der Waals surface area contributed by atoms with Gasteiger partial charge in [0.1, 0.15) is 0 Å². The van der Waals surface area contributed by atoms with E-state index in [-0.39, 0.29) is 29.9 Å². The van der Waals surface area contributed by atoms with E-state index in [1.807, 2.05) is 6.92 Å². The number of likely N-dealkylation sites (tertiary alicyclic amines) is 1. The molecule has 1 amide bonds. The third-order valence-corrected chi connectivity index (χ3v) is 4.65. The molecule has 158 valence electrons. The molecular weight excluding hydrogens is 469 g/mol. The molecule has 7 nitrogen and oxygen atoms in total. The summed E-state index contributed by atoms with van der Waals surface area (Å²) in [4.78, 5) is 18.7. The monoisotopic (exact) mass is 503 g/mol. The summed E-state index contributed by atoms with van der Waals surface area (Å²) >= 11 is 0. The van der Waals surface area contributed by atoms with Gasteiger partial charge in [-0.25, -0.2) is 0 Å². The number of amides is 1. The molecule has 1 aromatic rings. The molecule has 0 unspecified atom stereocenters. The number of aryl methyl sites for hydroxylation is 1. The largest absolute Gasteiger partial charge is 0.459 e. The van der Waals surface area contributed by atoms with Crippen LogP contribution in [0.1, 0.15) is 42.3 Å². The Balaban J connectivity index is 0.00000392. The van der Waals surface area contributed by atoms with Gasteiger partial charge in [0.05, 0.1) is 6.26 Å². The first-order chi connectivity index (χ1) is 13.0. The number of halogens is 1. The van der Waals surface area contributed by atoms with Gasteiger partial charge in [0.25, 0.3) is 5.91 Å². The maximum Gasteiger partial charge on any atom is 0.287 e. The number of hydrogen-bond acceptors (Lipinski definition) is 4. The SMILES string of the molecule is C=C(C)CN1CCC(NC(=NC)NCCCNC(=O)c2occc2C)CC1.I. The van der Waals surface area contributed by atoms with Gasteiger partial charge >= 0.3 is 0 Å². The highest BCUT2D eigenvalue weighted by Crippen LogP contribution is 2.11. The van der Waals surface area contributed by atoms with E-state index in [9.17, 15) is 4.79 Å². The number of rotatable bonds is 8. The second kappa shape index (κ2) is 12.8. The summed E-state index contributed by atoms with van der Waals surface area (Å²) in [5, 5.41) is 9.69. The molecular formula is C20H34IN5O2. The Bertz CT molecular complexity index is 651. The molecule has 1 aliphatic heterocycles. The van der Waals surface area contributed by atoms with Crippen molar-refractivity contribution in [3.05, 3.63) is 35.8 Å². The second-order valence-electron chi connectivity index (χ2n) is 7.19. The molecule has 0 aromatic carbocycles. The van der Waals surface area contributed by atoms with Gasteiger partial charge in [-0.05, 0) is 39.2 Å². The molecule has 8 heteroatoms. The first-order valence-corrected chi connectivity index (χ1v) is 9.65. The number of carbonyl (C=O) groups is 1. The van der Waals surface area contributed by atoms with Gasteiger partial charge in [-0.3, -0.25) is 14.7 Å². The van der Waals surface area contributed by atoms with Gasteiger partial charge in [-0.1, -0.05) is 12.2 Å². The van der Waals surface area contributed by atoms with Gasteiger partial charge in [0.2, 0.25) is 0 Å². The normalized spacial score (nSPS) is 15.6. The lowest BCUT2D eigenvalue weighted by atomic mass is 10.0. The van der Waals surface area contributed by atoms with E-state index >= 15 is 0 Å². The zero-order valence-electron chi connectivity index (χ0n) is 17.2. The lowest BCUT2D eigenvalue weighted by molar-refractivity contribution is 0.0925. The Labute approximate surface area is 185 Å². The van der Waals surface area contributed by atoms with Gasteiger partial charge < -0.3 is 20.4 Å². The molecule has 1 fully saturated rings. The van der Waals surface area contributed by atoms with Crippen LogP contribution in [-0.2, 0) is 0 Å². The summed E-state index contributed by atoms with van der Waals surface area (Å²) in [5.41, 5.74) is 2.07. The molecule has 0 spiro atoms. The van der Waals surface area contributed by atoms with Crippen LogP contribution in [0.5, 0.6) is 0 Å². The number of carbonyl (C=O) groups excluding carboxylic acids is 1. The Morgan fingerprint density at radius 2 is 2.00 bits per heavy atom. The standard InChI is InChI=1S/C20H33N5O2.HI/c1-15(2)14-25-11-6-17(7-12-25)24-20(21-4)23-10-5-9-22-19(26)18-16(3)8-13-27-18;/h8,13,17H,1,5-7,9-12,14H2,2-4H3,(H,22,26)(H2,21,23,24);1H. The van der Waals surface area contributed by atoms with Crippen molar-refractivity contribution >= 4 is 35.8 Å². The zero-order chi connectivity index (χ0) is 19.6. The molecule has 0 bridgehead atoms. The number of guanidine groups is 1. The highest BCUT2D eigenvalue weighted by atomic mass is 127. The predicted octanol–water partition coefficient (Wildman–Crippen LogP) is 2.53. The number of hydrogen-bond donors (Lipinski definition) is 3. The molecule has 2 rings (SSSR count). The van der Waals surface area contributed by atoms with Crippen LogP contribution in [0.3, 0.4) is 0 Å². The lowest BCUT2D eigenvalue weighted by Crippen LogP contribution is -2.49. The van der Waals surface area contributed by atoms with E-state index < -0.39 is 0 Å². The third-order valence-electron chi connectivity index (χ3n) is 4.65. The number of piperidine rings is 1. The fraction of sp³-hybridized carbons (Fsp3) is 0.600. The fourth-order valence-corrected chi connectivity index (χ4v) is 3.19. The minimum Gasteiger partial charge on any atom is -0.459 e. The Hall–Kier alpha value is -1.55. The van der Waals surface area contributed by atoms with Crippen molar-refractivity contribution in [2.24, 2.45) is 4.99 Å². The van der Waals surface area contributed by atoms with E-state index in [0.717, 1.165) is 57.0 Å². The van der Waals surface area contributed by atoms with Crippen molar-refractivity contribution in [3.8, 4) is 0 Å². The number of furan rings is 1. The molecule has 28 heavy (non-hydrogen) atoms. The van der Waals surface area contributed by atoms with Crippen molar-refractivity contribution in [1.82, 2.24) is 20.9 Å². The molecule has 0 radical (unpaired) electrons. The third kappa shape index (κ3) is 8.22. The van der Waals surface area contributed by atoms with Crippen LogP contribution in [0, 0.1) is 6.92 Å². The topological polar surface area (TPSA) is 81.9 Å². The van der Waals surface area contributed by atoms with Gasteiger partial charge in [-0.2, -0.15) is 0 Å². The average Bonchev–Trinajstić information content (AvgIpc) is 3.07. The van der Waals surface area contributed by atoms with Gasteiger partial charge in [0.15, 0.2) is 11.7 Å². The molecule has 3 N–H and O–H groups in total. The smallest absolute Gasteiger partial charge is 0.287 e. The molecule has 0 aliphatic carbocycles. The first kappa shape index (κ1) is 24.5. The van der Waals surface area contributed by atoms with Crippen LogP contribution in [0.2, 0.25) is 0 Å². The van der Waals surface area contributed by atoms with Crippen LogP contribution in [0.15, 0.2) is 33.9 Å². The van der Waals surface area contributed by atoms with Crippen molar-refractivity contribution in [2.45, 2.75) is 39.2 Å². The van der Waals surface area contributed by atoms with Crippen LogP contribution in [-0.4, -0.2) is 62.6 Å². The summed E-state index contributed by atoms with van der Waals surface area (Å²) in [7, 11) is 1.78. The minimum atomic E-state index is -0.165. The Kier molecular flexibility index (Phi) is 11.2. The van der Waals surface area contributed by atoms with E-state index in [1.165, 1.54) is 11.8 Å². The summed E-state index contributed by atoms with van der Waals surface area (Å²) in [5.74, 6) is 1.04. The Morgan fingerprint density at radius 3 is 2.57 bits per heavy atom. The first-order valence-electron chi connectivity index (χ1n) is 9.65. The summed E-state index contributed by atoms with van der Waals surface area (Å²) < 4.78 is 5.19. The van der Waals surface area contributed by atoms with Crippen molar-refractivity contribution < 1.29 is 9.21 Å². The number of nitrogens with one attached hydrogen (secondary N) is 3. The molecule has 1 saturated heterocycles. The number of nitrogens with zero attached hydrogens (tertiary/aromatic N) is 2. The Morgan fingerprint density at radius 1 is 1.32 bits per heavy atom. The summed E-state index contributed by atoms with van der Waals surface area (Å²) in [6, 6.07) is 2.23. The molecule has 2 heterocycles. The second-order valence-corrected chi connectivity index (χ2v) is 7.19. The van der Waals surface area contributed by atoms with E-state index in [4.69, 9.17) is 4.42 Å². The van der Waals surface area contributed by atoms with Crippen molar-refractivity contribution in [1.29, 1.82) is 0 Å². The summed E-state index contributed by atoms with van der Waals surface area (Å²) in [6.07, 6.45) is 4.55. The van der Waals surface area contributed by atoms with Crippen LogP contribution in [0.4, 0.5) is 0 Å². The molecule has 0 saturated carbocycles. The van der Waals surface area contributed by atoms with Crippen molar-refractivity contribution in [2.75, 3.05) is 39.8 Å². The fourth-order valence-electron chi connectivity index (χ4n) is 3.19. The summed E-state index contributed by atoms with van der Waals surface area (Å²) in [6.45, 7) is 12.4. The molecule has 1 aromatic heterocycles. The van der Waals surface area contributed by atoms with E-state index in [1.54, 1.807) is 13.1 Å².